The van der Waals surface area contributed by atoms with Gasteiger partial charge >= 0.3 is 0 Å². The van der Waals surface area contributed by atoms with Gasteiger partial charge in [-0.3, -0.25) is 0 Å². The smallest absolute Gasteiger partial charge is 0.208 e. The number of hydrogen-bond acceptors (Lipinski definition) is 0. The Bertz CT molecular complexity index is 1540. The van der Waals surface area contributed by atoms with Crippen LogP contribution in [-0.2, 0) is 5.54 Å². The molecule has 0 radical (unpaired) electrons. The summed E-state index contributed by atoms with van der Waals surface area (Å²) >= 11 is 0. The van der Waals surface area contributed by atoms with E-state index in [-0.39, 0.29) is 0 Å². The molecule has 4 aromatic carbocycles. The van der Waals surface area contributed by atoms with Gasteiger partial charge in [0.15, 0.2) is 16.9 Å². The van der Waals surface area contributed by atoms with Crippen LogP contribution in [0.3, 0.4) is 0 Å². The minimum atomic E-state index is -2.37. The number of aryl methyl sites for hydroxylation is 1. The molecule has 1 aliphatic heterocycles. The molecule has 1 aromatic heterocycles. The van der Waals surface area contributed by atoms with E-state index in [0.717, 1.165) is 44.9 Å². The lowest BCUT2D eigenvalue weighted by Crippen LogP contribution is -2.57. The summed E-state index contributed by atoms with van der Waals surface area (Å²) in [5.74, 6) is 0.299. The normalized spacial score (nSPS) is 15.3. The van der Waals surface area contributed by atoms with Crippen molar-refractivity contribution in [3.8, 4) is 16.9 Å². The lowest BCUT2D eigenvalue weighted by atomic mass is 9.77. The molecule has 2 heterocycles. The van der Waals surface area contributed by atoms with Crippen LogP contribution in [0.25, 0.3) is 16.9 Å². The zero-order valence-corrected chi connectivity index (χ0v) is 18.8. The molecule has 0 atom stereocenters. The van der Waals surface area contributed by atoms with E-state index in [0.29, 0.717) is 5.82 Å². The second kappa shape index (κ2) is 7.31. The largest absolute Gasteiger partial charge is 0.260 e. The van der Waals surface area contributed by atoms with Gasteiger partial charge < -0.3 is 0 Å². The lowest BCUT2D eigenvalue weighted by Gasteiger charge is -2.30. The zero-order valence-electron chi connectivity index (χ0n) is 21.8. The van der Waals surface area contributed by atoms with Crippen LogP contribution in [0.4, 0.5) is 0 Å². The number of aromatic nitrogens is 2. The molecule has 0 saturated carbocycles. The van der Waals surface area contributed by atoms with E-state index >= 15 is 0 Å². The maximum Gasteiger partial charge on any atom is 0.260 e. The Morgan fingerprint density at radius 2 is 1.27 bits per heavy atom. The highest BCUT2D eigenvalue weighted by atomic mass is 15.2. The van der Waals surface area contributed by atoms with Gasteiger partial charge in [0.2, 0.25) is 0 Å². The highest BCUT2D eigenvalue weighted by Crippen LogP contribution is 2.48. The van der Waals surface area contributed by atoms with Crippen molar-refractivity contribution in [1.82, 2.24) is 4.57 Å². The molecule has 0 fully saturated rings. The molecule has 0 spiro atoms. The van der Waals surface area contributed by atoms with E-state index in [1.165, 1.54) is 0 Å². The first-order valence-corrected chi connectivity index (χ1v) is 11.3. The monoisotopic (exact) mass is 430 g/mol. The molecule has 2 nitrogen and oxygen atoms in total. The number of imidazole rings is 1. The van der Waals surface area contributed by atoms with Crippen molar-refractivity contribution in [2.24, 2.45) is 0 Å². The maximum absolute atomic E-state index is 8.82. The van der Waals surface area contributed by atoms with Crippen LogP contribution in [0.2, 0.25) is 0 Å². The minimum Gasteiger partial charge on any atom is -0.208 e. The van der Waals surface area contributed by atoms with Gasteiger partial charge in [-0.15, -0.1) is 0 Å². The van der Waals surface area contributed by atoms with Crippen molar-refractivity contribution in [2.75, 3.05) is 0 Å². The fourth-order valence-corrected chi connectivity index (χ4v) is 5.60. The summed E-state index contributed by atoms with van der Waals surface area (Å²) in [6.45, 7) is 1.70. The van der Waals surface area contributed by atoms with E-state index < -0.39 is 12.4 Å². The number of nitrogens with zero attached hydrogens (tertiary/aromatic N) is 2. The first-order chi connectivity index (χ1) is 17.4. The molecule has 0 unspecified atom stereocenters. The fraction of sp³-hybridized carbons (Fsp3) is 0.129. The molecule has 5 aromatic rings. The minimum absolute atomic E-state index is 0.299. The van der Waals surface area contributed by atoms with Gasteiger partial charge in [-0.2, -0.15) is 4.57 Å². The predicted molar refractivity (Wildman–Crippen MR) is 134 cm³/mol. The summed E-state index contributed by atoms with van der Waals surface area (Å²) < 4.78 is 30.5. The van der Waals surface area contributed by atoms with Crippen molar-refractivity contribution in [1.29, 1.82) is 0 Å². The van der Waals surface area contributed by atoms with Gasteiger partial charge in [0.1, 0.15) is 5.69 Å². The van der Waals surface area contributed by atoms with Crippen molar-refractivity contribution < 1.29 is 8.68 Å². The number of benzene rings is 4. The molecule has 0 saturated heterocycles. The van der Waals surface area contributed by atoms with Crippen LogP contribution in [0.5, 0.6) is 0 Å². The van der Waals surface area contributed by atoms with Crippen molar-refractivity contribution in [2.45, 2.75) is 26.2 Å². The number of hydrogen-bond donors (Lipinski definition) is 0. The standard InChI is InChI=1S/C31H27N2/c1-22-14-10-13-21-29(22)32-23(2)30-27-19-11-12-20-28(27)31(33(30)24(32)3,25-15-6-4-7-16-25)26-17-8-5-9-18-26/h4-21H,1-3H3/q+1/i3D3. The summed E-state index contributed by atoms with van der Waals surface area (Å²) in [6.07, 6.45) is 0. The number of para-hydroxylation sites is 1. The van der Waals surface area contributed by atoms with Crippen LogP contribution < -0.4 is 4.57 Å². The van der Waals surface area contributed by atoms with Crippen LogP contribution in [0.1, 0.15) is 37.9 Å². The summed E-state index contributed by atoms with van der Waals surface area (Å²) in [5, 5.41) is 0. The Kier molecular flexibility index (Phi) is 3.70. The molecule has 6 rings (SSSR count). The van der Waals surface area contributed by atoms with Gasteiger partial charge in [-0.05, 0) is 18.6 Å². The summed E-state index contributed by atoms with van der Waals surface area (Å²) in [5.41, 5.74) is 7.12. The average Bonchev–Trinajstić information content (AvgIpc) is 3.36. The van der Waals surface area contributed by atoms with E-state index in [1.54, 1.807) is 0 Å². The second-order valence-corrected chi connectivity index (χ2v) is 8.70. The van der Waals surface area contributed by atoms with Crippen LogP contribution >= 0.6 is 0 Å². The van der Waals surface area contributed by atoms with Crippen LogP contribution in [0, 0.1) is 20.7 Å². The molecular weight excluding hydrogens is 400 g/mol. The Morgan fingerprint density at radius 3 is 1.91 bits per heavy atom. The van der Waals surface area contributed by atoms with Gasteiger partial charge in [-0.25, -0.2) is 4.57 Å². The molecule has 0 amide bonds. The number of rotatable bonds is 3. The predicted octanol–water partition coefficient (Wildman–Crippen LogP) is 6.51. The molecule has 0 bridgehead atoms. The molecule has 2 heteroatoms. The van der Waals surface area contributed by atoms with Crippen molar-refractivity contribution >= 4 is 0 Å². The Labute approximate surface area is 199 Å². The zero-order chi connectivity index (χ0) is 25.1. The average molecular weight is 431 g/mol. The van der Waals surface area contributed by atoms with E-state index in [9.17, 15) is 0 Å². The Morgan fingerprint density at radius 1 is 0.697 bits per heavy atom. The molecule has 0 N–H and O–H groups in total. The number of fused-ring (bicyclic) bond motifs is 3. The summed E-state index contributed by atoms with van der Waals surface area (Å²) in [6, 6.07) is 36.9. The van der Waals surface area contributed by atoms with E-state index in [4.69, 9.17) is 4.11 Å². The van der Waals surface area contributed by atoms with Crippen molar-refractivity contribution in [3.63, 3.8) is 0 Å². The van der Waals surface area contributed by atoms with E-state index in [1.807, 2.05) is 91.2 Å². The molecule has 160 valence electrons. The topological polar surface area (TPSA) is 8.81 Å². The molecule has 33 heavy (non-hydrogen) atoms. The first kappa shape index (κ1) is 16.7. The second-order valence-electron chi connectivity index (χ2n) is 8.70. The third kappa shape index (κ3) is 2.58. The highest BCUT2D eigenvalue weighted by molar-refractivity contribution is 5.73. The Hall–Kier alpha value is -3.91. The highest BCUT2D eigenvalue weighted by Gasteiger charge is 2.54. The van der Waals surface area contributed by atoms with Crippen molar-refractivity contribution in [3.05, 3.63) is 143 Å². The maximum atomic E-state index is 8.82. The van der Waals surface area contributed by atoms with Gasteiger partial charge in [0.05, 0.1) is 0 Å². The lowest BCUT2D eigenvalue weighted by molar-refractivity contribution is -0.723. The third-order valence-corrected chi connectivity index (χ3v) is 6.97. The van der Waals surface area contributed by atoms with Crippen LogP contribution in [-0.4, -0.2) is 4.57 Å². The van der Waals surface area contributed by atoms with Gasteiger partial charge in [0.25, 0.3) is 5.82 Å². The Balaban J connectivity index is 1.88. The van der Waals surface area contributed by atoms with Gasteiger partial charge in [0, 0.05) is 40.1 Å². The first-order valence-electron chi connectivity index (χ1n) is 12.8. The third-order valence-electron chi connectivity index (χ3n) is 6.97. The van der Waals surface area contributed by atoms with Crippen LogP contribution in [0.15, 0.2) is 109 Å². The molecular formula is C31H27N2+. The quantitative estimate of drug-likeness (QED) is 0.283. The molecule has 1 aliphatic rings. The van der Waals surface area contributed by atoms with E-state index in [2.05, 4.69) is 41.0 Å². The SMILES string of the molecule is [2H]C([2H])([2H])c1n(-c2ccccc2C)c(C)c2[n+]1C(c1ccccc1)(c1ccccc1)c1ccccc1-2. The summed E-state index contributed by atoms with van der Waals surface area (Å²) in [7, 11) is 0. The summed E-state index contributed by atoms with van der Waals surface area (Å²) in [4.78, 5) is 0. The molecule has 0 aliphatic carbocycles. The van der Waals surface area contributed by atoms with Gasteiger partial charge in [-0.1, -0.05) is 103 Å². The fourth-order valence-electron chi connectivity index (χ4n) is 5.60.